The fraction of sp³-hybridized carbons (Fsp3) is 0.409. The van der Waals surface area contributed by atoms with Crippen LogP contribution in [0.4, 0.5) is 5.69 Å². The smallest absolute Gasteiger partial charge is 0.262 e. The molecule has 0 fully saturated rings. The van der Waals surface area contributed by atoms with E-state index in [4.69, 9.17) is 19.3 Å². The molecule has 0 aromatic heterocycles. The number of amides is 1. The van der Waals surface area contributed by atoms with E-state index in [1.165, 1.54) is 0 Å². The van der Waals surface area contributed by atoms with E-state index in [9.17, 15) is 4.79 Å². The van der Waals surface area contributed by atoms with E-state index in [2.05, 4.69) is 26.6 Å². The van der Waals surface area contributed by atoms with Gasteiger partial charge >= 0.3 is 0 Å². The van der Waals surface area contributed by atoms with E-state index >= 15 is 0 Å². The second kappa shape index (κ2) is 13.2. The lowest BCUT2D eigenvalue weighted by atomic mass is 10.2. The van der Waals surface area contributed by atoms with Crippen LogP contribution in [0.1, 0.15) is 18.1 Å². The van der Waals surface area contributed by atoms with Crippen molar-refractivity contribution < 1.29 is 24.1 Å². The fourth-order valence-electron chi connectivity index (χ4n) is 2.64. The van der Waals surface area contributed by atoms with Crippen molar-refractivity contribution in [2.75, 3.05) is 44.9 Å². The van der Waals surface area contributed by atoms with Gasteiger partial charge in [0.05, 0.1) is 30.9 Å². The molecule has 0 saturated carbocycles. The standard InChI is InChI=1S/C22H29BrN2O5/c1-3-29-20-13-17(14-24-8-10-28-11-9-26)12-19(23)22(20)30-15-21(27)25-18-6-4-16(2)5-7-18/h4-7,12-13,24,26H,3,8-11,14-15H2,1-2H3,(H,25,27). The Morgan fingerprint density at radius 1 is 1.13 bits per heavy atom. The molecule has 2 rings (SSSR count). The van der Waals surface area contributed by atoms with Gasteiger partial charge in [-0.2, -0.15) is 0 Å². The topological polar surface area (TPSA) is 89.1 Å². The maximum atomic E-state index is 12.2. The maximum Gasteiger partial charge on any atom is 0.262 e. The first kappa shape index (κ1) is 24.1. The number of carbonyl (C=O) groups excluding carboxylic acids is 1. The van der Waals surface area contributed by atoms with Crippen molar-refractivity contribution in [3.63, 3.8) is 0 Å². The summed E-state index contributed by atoms with van der Waals surface area (Å²) in [6, 6.07) is 11.4. The summed E-state index contributed by atoms with van der Waals surface area (Å²) >= 11 is 3.52. The third-order valence-electron chi connectivity index (χ3n) is 4.04. The Morgan fingerprint density at radius 3 is 2.60 bits per heavy atom. The molecular weight excluding hydrogens is 452 g/mol. The van der Waals surface area contributed by atoms with Gasteiger partial charge in [-0.3, -0.25) is 4.79 Å². The van der Waals surface area contributed by atoms with Gasteiger partial charge in [0.2, 0.25) is 0 Å². The normalized spacial score (nSPS) is 10.7. The molecule has 0 heterocycles. The Hall–Kier alpha value is -2.13. The fourth-order valence-corrected chi connectivity index (χ4v) is 3.25. The van der Waals surface area contributed by atoms with Crippen LogP contribution in [-0.2, 0) is 16.1 Å². The predicted octanol–water partition coefficient (Wildman–Crippen LogP) is 3.27. The van der Waals surface area contributed by atoms with Gasteiger partial charge in [-0.05, 0) is 59.6 Å². The molecular formula is C22H29BrN2O5. The van der Waals surface area contributed by atoms with Crippen molar-refractivity contribution in [3.8, 4) is 11.5 Å². The highest BCUT2D eigenvalue weighted by atomic mass is 79.9. The summed E-state index contributed by atoms with van der Waals surface area (Å²) in [5.41, 5.74) is 2.86. The Balaban J connectivity index is 1.93. The molecule has 2 aromatic rings. The van der Waals surface area contributed by atoms with Crippen LogP contribution in [0.5, 0.6) is 11.5 Å². The summed E-state index contributed by atoms with van der Waals surface area (Å²) < 4.78 is 17.4. The van der Waals surface area contributed by atoms with Gasteiger partial charge in [0, 0.05) is 18.8 Å². The van der Waals surface area contributed by atoms with Gasteiger partial charge in [0.1, 0.15) is 0 Å². The number of anilines is 1. The Morgan fingerprint density at radius 2 is 1.90 bits per heavy atom. The van der Waals surface area contributed by atoms with Crippen LogP contribution in [0.2, 0.25) is 0 Å². The molecule has 0 aliphatic heterocycles. The first-order chi connectivity index (χ1) is 14.5. The molecule has 164 valence electrons. The average Bonchev–Trinajstić information content (AvgIpc) is 2.72. The molecule has 0 radical (unpaired) electrons. The highest BCUT2D eigenvalue weighted by Gasteiger charge is 2.14. The Bertz CT molecular complexity index is 799. The largest absolute Gasteiger partial charge is 0.490 e. The summed E-state index contributed by atoms with van der Waals surface area (Å²) in [4.78, 5) is 12.2. The maximum absolute atomic E-state index is 12.2. The number of benzene rings is 2. The zero-order chi connectivity index (χ0) is 21.8. The number of hydrogen-bond acceptors (Lipinski definition) is 6. The number of hydrogen-bond donors (Lipinski definition) is 3. The lowest BCUT2D eigenvalue weighted by molar-refractivity contribution is -0.118. The molecule has 30 heavy (non-hydrogen) atoms. The van der Waals surface area contributed by atoms with Crippen molar-refractivity contribution in [1.82, 2.24) is 5.32 Å². The van der Waals surface area contributed by atoms with Gasteiger partial charge in [-0.15, -0.1) is 0 Å². The van der Waals surface area contributed by atoms with E-state index in [-0.39, 0.29) is 19.1 Å². The Kier molecular flexibility index (Phi) is 10.6. The first-order valence-electron chi connectivity index (χ1n) is 9.87. The summed E-state index contributed by atoms with van der Waals surface area (Å²) in [7, 11) is 0. The van der Waals surface area contributed by atoms with Gasteiger partial charge in [0.25, 0.3) is 5.91 Å². The zero-order valence-electron chi connectivity index (χ0n) is 17.4. The number of aryl methyl sites for hydroxylation is 1. The quantitative estimate of drug-likeness (QED) is 0.381. The number of carbonyl (C=O) groups is 1. The highest BCUT2D eigenvalue weighted by Crippen LogP contribution is 2.37. The van der Waals surface area contributed by atoms with Crippen LogP contribution < -0.4 is 20.1 Å². The number of rotatable bonds is 13. The molecule has 0 aliphatic rings. The Labute approximate surface area is 185 Å². The van der Waals surface area contributed by atoms with Crippen molar-refractivity contribution in [2.24, 2.45) is 0 Å². The van der Waals surface area contributed by atoms with Crippen LogP contribution in [-0.4, -0.2) is 50.6 Å². The summed E-state index contributed by atoms with van der Waals surface area (Å²) in [5, 5.41) is 14.8. The van der Waals surface area contributed by atoms with E-state index in [0.717, 1.165) is 16.8 Å². The minimum Gasteiger partial charge on any atom is -0.490 e. The van der Waals surface area contributed by atoms with Crippen molar-refractivity contribution >= 4 is 27.5 Å². The number of halogens is 1. The number of aliphatic hydroxyl groups excluding tert-OH is 1. The second-order valence-corrected chi connectivity index (χ2v) is 7.41. The number of ether oxygens (including phenoxy) is 3. The molecule has 0 saturated heterocycles. The molecule has 8 heteroatoms. The van der Waals surface area contributed by atoms with E-state index in [1.54, 1.807) is 0 Å². The number of nitrogens with one attached hydrogen (secondary N) is 2. The monoisotopic (exact) mass is 480 g/mol. The van der Waals surface area contributed by atoms with E-state index < -0.39 is 0 Å². The van der Waals surface area contributed by atoms with E-state index in [1.807, 2.05) is 50.2 Å². The number of aliphatic hydroxyl groups is 1. The summed E-state index contributed by atoms with van der Waals surface area (Å²) in [5.74, 6) is 0.816. The molecule has 2 aromatic carbocycles. The molecule has 1 amide bonds. The molecule has 0 spiro atoms. The molecule has 0 atom stereocenters. The van der Waals surface area contributed by atoms with Crippen molar-refractivity contribution in [2.45, 2.75) is 20.4 Å². The van der Waals surface area contributed by atoms with Crippen molar-refractivity contribution in [3.05, 3.63) is 52.0 Å². The molecule has 7 nitrogen and oxygen atoms in total. The molecule has 3 N–H and O–H groups in total. The van der Waals surface area contributed by atoms with Gasteiger partial charge in [0.15, 0.2) is 18.1 Å². The van der Waals surface area contributed by atoms with Crippen LogP contribution in [0.3, 0.4) is 0 Å². The first-order valence-corrected chi connectivity index (χ1v) is 10.7. The minimum atomic E-state index is -0.248. The van der Waals surface area contributed by atoms with Gasteiger partial charge < -0.3 is 30.0 Å². The minimum absolute atomic E-state index is 0.0230. The molecule has 0 bridgehead atoms. The summed E-state index contributed by atoms with van der Waals surface area (Å²) in [6.07, 6.45) is 0. The highest BCUT2D eigenvalue weighted by molar-refractivity contribution is 9.10. The van der Waals surface area contributed by atoms with Crippen LogP contribution in [0.15, 0.2) is 40.9 Å². The zero-order valence-corrected chi connectivity index (χ0v) is 19.0. The molecule has 0 aliphatic carbocycles. The average molecular weight is 481 g/mol. The second-order valence-electron chi connectivity index (χ2n) is 6.55. The van der Waals surface area contributed by atoms with E-state index in [0.29, 0.717) is 48.9 Å². The summed E-state index contributed by atoms with van der Waals surface area (Å²) in [6.45, 7) is 6.40. The SMILES string of the molecule is CCOc1cc(CNCCOCCO)cc(Br)c1OCC(=O)Nc1ccc(C)cc1. The van der Waals surface area contributed by atoms with Crippen LogP contribution in [0.25, 0.3) is 0 Å². The van der Waals surface area contributed by atoms with Gasteiger partial charge in [-0.1, -0.05) is 17.7 Å². The van der Waals surface area contributed by atoms with Crippen LogP contribution >= 0.6 is 15.9 Å². The van der Waals surface area contributed by atoms with Crippen LogP contribution in [0, 0.1) is 6.92 Å². The lowest BCUT2D eigenvalue weighted by Gasteiger charge is -2.16. The third-order valence-corrected chi connectivity index (χ3v) is 4.63. The van der Waals surface area contributed by atoms with Crippen molar-refractivity contribution in [1.29, 1.82) is 0 Å². The predicted molar refractivity (Wildman–Crippen MR) is 120 cm³/mol. The van der Waals surface area contributed by atoms with Gasteiger partial charge in [-0.25, -0.2) is 0 Å². The molecule has 0 unspecified atom stereocenters. The lowest BCUT2D eigenvalue weighted by Crippen LogP contribution is -2.21. The third kappa shape index (κ3) is 8.31.